The number of carbonyl (C=O) groups excluding carboxylic acids is 2. The van der Waals surface area contributed by atoms with Crippen LogP contribution in [0.2, 0.25) is 0 Å². The zero-order valence-corrected chi connectivity index (χ0v) is 17.7. The lowest BCUT2D eigenvalue weighted by Gasteiger charge is -2.34. The Morgan fingerprint density at radius 1 is 1.14 bits per heavy atom. The lowest BCUT2D eigenvalue weighted by Crippen LogP contribution is -2.46. The molecule has 0 bridgehead atoms. The standard InChI is InChI=1S/C22H35N3O3/c1-5-14-25(15-21(26)23-19-8-6-7-9-20(19)28-4)16-22(27)24(3)18-12-10-17(2)11-13-18/h6-9,17-18H,5,10-16H2,1-4H3,(H,23,26). The van der Waals surface area contributed by atoms with Gasteiger partial charge in [-0.15, -0.1) is 0 Å². The Bertz CT molecular complexity index is 642. The largest absolute Gasteiger partial charge is 0.495 e. The minimum atomic E-state index is -0.139. The quantitative estimate of drug-likeness (QED) is 0.703. The lowest BCUT2D eigenvalue weighted by atomic mass is 9.87. The number of amides is 2. The summed E-state index contributed by atoms with van der Waals surface area (Å²) in [6, 6.07) is 7.66. The van der Waals surface area contributed by atoms with Crippen LogP contribution >= 0.6 is 0 Å². The number of ether oxygens (including phenoxy) is 1. The Morgan fingerprint density at radius 3 is 2.46 bits per heavy atom. The van der Waals surface area contributed by atoms with Gasteiger partial charge in [-0.1, -0.05) is 26.0 Å². The Morgan fingerprint density at radius 2 is 1.82 bits per heavy atom. The molecule has 1 fully saturated rings. The van der Waals surface area contributed by atoms with E-state index in [4.69, 9.17) is 4.74 Å². The van der Waals surface area contributed by atoms with Crippen LogP contribution in [0.25, 0.3) is 0 Å². The number of benzene rings is 1. The van der Waals surface area contributed by atoms with Gasteiger partial charge in [-0.2, -0.15) is 0 Å². The zero-order chi connectivity index (χ0) is 20.5. The summed E-state index contributed by atoms with van der Waals surface area (Å²) in [5.41, 5.74) is 0.645. The molecule has 0 aromatic heterocycles. The monoisotopic (exact) mass is 389 g/mol. The van der Waals surface area contributed by atoms with Gasteiger partial charge in [0.25, 0.3) is 0 Å². The molecule has 0 unspecified atom stereocenters. The van der Waals surface area contributed by atoms with Crippen LogP contribution in [0.1, 0.15) is 46.0 Å². The first-order chi connectivity index (χ1) is 13.4. The molecule has 1 saturated carbocycles. The van der Waals surface area contributed by atoms with Gasteiger partial charge in [0.2, 0.25) is 11.8 Å². The highest BCUT2D eigenvalue weighted by Gasteiger charge is 2.26. The fourth-order valence-electron chi connectivity index (χ4n) is 3.81. The van der Waals surface area contributed by atoms with Crippen molar-refractivity contribution >= 4 is 17.5 Å². The summed E-state index contributed by atoms with van der Waals surface area (Å²) in [5.74, 6) is 1.34. The molecule has 1 aliphatic carbocycles. The molecule has 28 heavy (non-hydrogen) atoms. The lowest BCUT2D eigenvalue weighted by molar-refractivity contribution is -0.134. The second kappa shape index (κ2) is 11.1. The van der Waals surface area contributed by atoms with Gasteiger partial charge in [-0.05, 0) is 56.7 Å². The van der Waals surface area contributed by atoms with E-state index in [2.05, 4.69) is 19.2 Å². The van der Waals surface area contributed by atoms with E-state index in [0.717, 1.165) is 25.2 Å². The molecule has 0 spiro atoms. The van der Waals surface area contributed by atoms with Crippen LogP contribution in [-0.2, 0) is 9.59 Å². The maximum Gasteiger partial charge on any atom is 0.238 e. The average Bonchev–Trinajstić information content (AvgIpc) is 2.68. The highest BCUT2D eigenvalue weighted by atomic mass is 16.5. The first-order valence-electron chi connectivity index (χ1n) is 10.4. The molecule has 2 rings (SSSR count). The summed E-state index contributed by atoms with van der Waals surface area (Å²) in [6.45, 7) is 5.51. The van der Waals surface area contributed by atoms with Crippen LogP contribution in [0.4, 0.5) is 5.69 Å². The number of anilines is 1. The molecular weight excluding hydrogens is 354 g/mol. The van der Waals surface area contributed by atoms with Gasteiger partial charge >= 0.3 is 0 Å². The van der Waals surface area contributed by atoms with E-state index in [1.807, 2.05) is 41.1 Å². The average molecular weight is 390 g/mol. The molecule has 1 aromatic carbocycles. The van der Waals surface area contributed by atoms with Crippen LogP contribution in [0.5, 0.6) is 5.75 Å². The van der Waals surface area contributed by atoms with Crippen LogP contribution in [0.15, 0.2) is 24.3 Å². The SMILES string of the molecule is CCCN(CC(=O)Nc1ccccc1OC)CC(=O)N(C)C1CCC(C)CC1. The third-order valence-electron chi connectivity index (χ3n) is 5.57. The molecule has 0 atom stereocenters. The molecule has 1 N–H and O–H groups in total. The molecule has 0 radical (unpaired) electrons. The number of nitrogens with one attached hydrogen (secondary N) is 1. The number of hydrogen-bond donors (Lipinski definition) is 1. The van der Waals surface area contributed by atoms with Gasteiger partial charge in [0, 0.05) is 13.1 Å². The third-order valence-corrected chi connectivity index (χ3v) is 5.57. The first kappa shape index (κ1) is 22.2. The van der Waals surface area contributed by atoms with Crippen molar-refractivity contribution in [3.05, 3.63) is 24.3 Å². The predicted molar refractivity (Wildman–Crippen MR) is 113 cm³/mol. The number of carbonyl (C=O) groups is 2. The van der Waals surface area contributed by atoms with Gasteiger partial charge in [0.1, 0.15) is 5.75 Å². The van der Waals surface area contributed by atoms with Crippen molar-refractivity contribution in [3.8, 4) is 5.75 Å². The van der Waals surface area contributed by atoms with E-state index in [9.17, 15) is 9.59 Å². The maximum atomic E-state index is 12.8. The van der Waals surface area contributed by atoms with E-state index >= 15 is 0 Å². The van der Waals surface area contributed by atoms with E-state index < -0.39 is 0 Å². The van der Waals surface area contributed by atoms with Crippen molar-refractivity contribution < 1.29 is 14.3 Å². The molecule has 156 valence electrons. The fraction of sp³-hybridized carbons (Fsp3) is 0.636. The van der Waals surface area contributed by atoms with Crippen molar-refractivity contribution in [1.29, 1.82) is 0 Å². The summed E-state index contributed by atoms with van der Waals surface area (Å²) >= 11 is 0. The van der Waals surface area contributed by atoms with E-state index in [0.29, 0.717) is 24.0 Å². The van der Waals surface area contributed by atoms with E-state index in [1.165, 1.54) is 12.8 Å². The second-order valence-corrected chi connectivity index (χ2v) is 7.88. The highest BCUT2D eigenvalue weighted by molar-refractivity contribution is 5.94. The van der Waals surface area contributed by atoms with Crippen LogP contribution in [0, 0.1) is 5.92 Å². The van der Waals surface area contributed by atoms with Gasteiger partial charge in [-0.3, -0.25) is 14.5 Å². The first-order valence-corrected chi connectivity index (χ1v) is 10.4. The minimum absolute atomic E-state index is 0.0955. The van der Waals surface area contributed by atoms with Gasteiger partial charge in [0.05, 0.1) is 25.9 Å². The van der Waals surface area contributed by atoms with E-state index in [1.54, 1.807) is 7.11 Å². The van der Waals surface area contributed by atoms with Crippen molar-refractivity contribution in [3.63, 3.8) is 0 Å². The Balaban J connectivity index is 1.91. The molecule has 2 amide bonds. The molecule has 1 aromatic rings. The van der Waals surface area contributed by atoms with Crippen molar-refractivity contribution in [2.24, 2.45) is 5.92 Å². The molecule has 6 heteroatoms. The Hall–Kier alpha value is -2.08. The van der Waals surface area contributed by atoms with Crippen LogP contribution in [-0.4, -0.2) is 61.4 Å². The number of hydrogen-bond acceptors (Lipinski definition) is 4. The summed E-state index contributed by atoms with van der Waals surface area (Å²) < 4.78 is 5.28. The number of methoxy groups -OCH3 is 1. The third kappa shape index (κ3) is 6.51. The van der Waals surface area contributed by atoms with E-state index in [-0.39, 0.29) is 24.9 Å². The normalized spacial score (nSPS) is 19.3. The van der Waals surface area contributed by atoms with Gasteiger partial charge < -0.3 is 15.0 Å². The summed E-state index contributed by atoms with van der Waals surface area (Å²) in [7, 11) is 3.48. The number of para-hydroxylation sites is 2. The molecule has 0 saturated heterocycles. The van der Waals surface area contributed by atoms with Crippen molar-refractivity contribution in [2.75, 3.05) is 39.1 Å². The summed E-state index contributed by atoms with van der Waals surface area (Å²) in [5, 5.41) is 2.89. The fourth-order valence-corrected chi connectivity index (χ4v) is 3.81. The summed E-state index contributed by atoms with van der Waals surface area (Å²) in [6.07, 6.45) is 5.40. The molecule has 0 heterocycles. The van der Waals surface area contributed by atoms with Gasteiger partial charge in [0.15, 0.2) is 0 Å². The minimum Gasteiger partial charge on any atom is -0.495 e. The number of likely N-dealkylation sites (N-methyl/N-ethyl adjacent to an activating group) is 1. The van der Waals surface area contributed by atoms with Crippen molar-refractivity contribution in [1.82, 2.24) is 9.80 Å². The van der Waals surface area contributed by atoms with Crippen LogP contribution < -0.4 is 10.1 Å². The zero-order valence-electron chi connectivity index (χ0n) is 17.7. The number of nitrogens with zero attached hydrogens (tertiary/aromatic N) is 2. The topological polar surface area (TPSA) is 61.9 Å². The smallest absolute Gasteiger partial charge is 0.238 e. The maximum absolute atomic E-state index is 12.8. The van der Waals surface area contributed by atoms with Crippen LogP contribution in [0.3, 0.4) is 0 Å². The second-order valence-electron chi connectivity index (χ2n) is 7.88. The number of rotatable bonds is 9. The highest BCUT2D eigenvalue weighted by Crippen LogP contribution is 2.26. The predicted octanol–water partition coefficient (Wildman–Crippen LogP) is 3.38. The Kier molecular flexibility index (Phi) is 8.77. The van der Waals surface area contributed by atoms with Gasteiger partial charge in [-0.25, -0.2) is 0 Å². The molecular formula is C22H35N3O3. The summed E-state index contributed by atoms with van der Waals surface area (Å²) in [4.78, 5) is 29.1. The molecule has 6 nitrogen and oxygen atoms in total. The molecule has 1 aliphatic rings. The molecule has 0 aliphatic heterocycles. The Labute approximate surface area is 169 Å². The van der Waals surface area contributed by atoms with Crippen molar-refractivity contribution in [2.45, 2.75) is 52.0 Å².